The van der Waals surface area contributed by atoms with Crippen molar-refractivity contribution in [1.29, 1.82) is 0 Å². The Hall–Kier alpha value is -2.05. The number of esters is 2. The van der Waals surface area contributed by atoms with E-state index in [1.54, 1.807) is 13.8 Å². The largest absolute Gasteiger partial charge is 0.465 e. The van der Waals surface area contributed by atoms with E-state index in [4.69, 9.17) is 9.47 Å². The number of benzene rings is 1. The molecular weight excluding hydrogens is 301 g/mol. The molecule has 7 heteroatoms. The van der Waals surface area contributed by atoms with Gasteiger partial charge in [0.05, 0.1) is 19.6 Å². The highest BCUT2D eigenvalue weighted by molar-refractivity contribution is 6.00. The predicted octanol–water partition coefficient (Wildman–Crippen LogP) is 3.00. The van der Waals surface area contributed by atoms with Gasteiger partial charge in [0, 0.05) is 0 Å². The van der Waals surface area contributed by atoms with Crippen LogP contribution in [0.1, 0.15) is 30.9 Å². The first-order chi connectivity index (χ1) is 10.3. The van der Waals surface area contributed by atoms with Gasteiger partial charge in [0.2, 0.25) is 0 Å². The molecule has 0 amide bonds. The third-order valence-electron chi connectivity index (χ3n) is 2.76. The minimum Gasteiger partial charge on any atom is -0.465 e. The quantitative estimate of drug-likeness (QED) is 0.598. The molecule has 0 atom stereocenters. The van der Waals surface area contributed by atoms with Gasteiger partial charge in [-0.2, -0.15) is 13.2 Å². The molecule has 22 heavy (non-hydrogen) atoms. The summed E-state index contributed by atoms with van der Waals surface area (Å²) in [6.45, 7) is 3.35. The van der Waals surface area contributed by atoms with Crippen molar-refractivity contribution in [1.82, 2.24) is 0 Å². The lowest BCUT2D eigenvalue weighted by atomic mass is 9.97. The van der Waals surface area contributed by atoms with Crippen LogP contribution in [0.2, 0.25) is 0 Å². The lowest BCUT2D eigenvalue weighted by molar-refractivity contribution is -0.157. The first-order valence-electron chi connectivity index (χ1n) is 6.77. The summed E-state index contributed by atoms with van der Waals surface area (Å²) >= 11 is 0. The van der Waals surface area contributed by atoms with Gasteiger partial charge in [-0.3, -0.25) is 9.59 Å². The number of carbonyl (C=O) groups excluding carboxylic acids is 2. The molecule has 4 nitrogen and oxygen atoms in total. The molecule has 0 radical (unpaired) electrons. The Labute approximate surface area is 126 Å². The van der Waals surface area contributed by atoms with Gasteiger partial charge in [-0.15, -0.1) is 0 Å². The number of ether oxygens (including phenoxy) is 2. The molecule has 1 rings (SSSR count). The van der Waals surface area contributed by atoms with Crippen LogP contribution in [0.3, 0.4) is 0 Å². The number of hydrogen-bond donors (Lipinski definition) is 0. The van der Waals surface area contributed by atoms with Gasteiger partial charge >= 0.3 is 18.1 Å². The fraction of sp³-hybridized carbons (Fsp3) is 0.467. The Bertz CT molecular complexity index is 491. The summed E-state index contributed by atoms with van der Waals surface area (Å²) < 4.78 is 46.6. The SMILES string of the molecule is CCOC(=O)C(C(=O)OCC)c1ccc(CC(F)(F)F)cc1. The van der Waals surface area contributed by atoms with Gasteiger partial charge in [0.25, 0.3) is 0 Å². The Morgan fingerprint density at radius 1 is 1.00 bits per heavy atom. The zero-order chi connectivity index (χ0) is 16.8. The number of halogens is 3. The monoisotopic (exact) mass is 318 g/mol. The summed E-state index contributed by atoms with van der Waals surface area (Å²) in [5, 5.41) is 0. The highest BCUT2D eigenvalue weighted by atomic mass is 19.4. The second-order valence-corrected chi connectivity index (χ2v) is 4.47. The van der Waals surface area contributed by atoms with E-state index in [1.807, 2.05) is 0 Å². The third kappa shape index (κ3) is 5.38. The van der Waals surface area contributed by atoms with Crippen LogP contribution in [0, 0.1) is 0 Å². The van der Waals surface area contributed by atoms with Crippen LogP contribution >= 0.6 is 0 Å². The zero-order valence-corrected chi connectivity index (χ0v) is 12.3. The molecule has 1 aromatic carbocycles. The van der Waals surface area contributed by atoms with Gasteiger partial charge in [0.1, 0.15) is 0 Å². The lowest BCUT2D eigenvalue weighted by Gasteiger charge is -2.15. The summed E-state index contributed by atoms with van der Waals surface area (Å²) in [6.07, 6.45) is -5.39. The smallest absolute Gasteiger partial charge is 0.393 e. The molecule has 0 bridgehead atoms. The van der Waals surface area contributed by atoms with E-state index >= 15 is 0 Å². The first-order valence-corrected chi connectivity index (χ1v) is 6.77. The van der Waals surface area contributed by atoms with Gasteiger partial charge in [-0.25, -0.2) is 0 Å². The van der Waals surface area contributed by atoms with E-state index in [0.29, 0.717) is 0 Å². The standard InChI is InChI=1S/C15H17F3O4/c1-3-21-13(19)12(14(20)22-4-2)11-7-5-10(6-8-11)9-15(16,17)18/h5-8,12H,3-4,9H2,1-2H3. The molecule has 0 aliphatic heterocycles. The fourth-order valence-corrected chi connectivity index (χ4v) is 1.88. The maximum atomic E-state index is 12.3. The summed E-state index contributed by atoms with van der Waals surface area (Å²) in [5.41, 5.74) is 0.283. The maximum Gasteiger partial charge on any atom is 0.393 e. The van der Waals surface area contributed by atoms with E-state index in [2.05, 4.69) is 0 Å². The summed E-state index contributed by atoms with van der Waals surface area (Å²) in [6, 6.07) is 5.07. The van der Waals surface area contributed by atoms with Crippen molar-refractivity contribution in [3.8, 4) is 0 Å². The molecule has 0 unspecified atom stereocenters. The minimum absolute atomic E-state index is 0.0442. The fourth-order valence-electron chi connectivity index (χ4n) is 1.88. The van der Waals surface area contributed by atoms with Crippen LogP contribution in [-0.2, 0) is 25.5 Å². The molecule has 122 valence electrons. The van der Waals surface area contributed by atoms with Crippen molar-refractivity contribution in [2.45, 2.75) is 32.4 Å². The molecule has 0 aromatic heterocycles. The third-order valence-corrected chi connectivity index (χ3v) is 2.76. The van der Waals surface area contributed by atoms with Gasteiger partial charge in [0.15, 0.2) is 5.92 Å². The van der Waals surface area contributed by atoms with Crippen molar-refractivity contribution in [2.24, 2.45) is 0 Å². The van der Waals surface area contributed by atoms with E-state index in [-0.39, 0.29) is 24.3 Å². The second-order valence-electron chi connectivity index (χ2n) is 4.47. The molecule has 0 saturated carbocycles. The molecule has 0 saturated heterocycles. The van der Waals surface area contributed by atoms with E-state index in [9.17, 15) is 22.8 Å². The van der Waals surface area contributed by atoms with Crippen molar-refractivity contribution in [3.63, 3.8) is 0 Å². The zero-order valence-electron chi connectivity index (χ0n) is 12.3. The second kappa shape index (κ2) is 7.82. The molecule has 1 aromatic rings. The van der Waals surface area contributed by atoms with Crippen LogP contribution in [0.4, 0.5) is 13.2 Å². The number of alkyl halides is 3. The molecule has 0 heterocycles. The molecule has 0 aliphatic carbocycles. The van der Waals surface area contributed by atoms with Gasteiger partial charge in [-0.1, -0.05) is 24.3 Å². The van der Waals surface area contributed by atoms with Crippen LogP contribution in [-0.4, -0.2) is 31.3 Å². The highest BCUT2D eigenvalue weighted by Gasteiger charge is 2.32. The summed E-state index contributed by atoms with van der Waals surface area (Å²) in [4.78, 5) is 23.7. The highest BCUT2D eigenvalue weighted by Crippen LogP contribution is 2.24. The number of hydrogen-bond acceptors (Lipinski definition) is 4. The number of carbonyl (C=O) groups is 2. The number of rotatable bonds is 6. The normalized spacial score (nSPS) is 11.4. The van der Waals surface area contributed by atoms with E-state index < -0.39 is 30.5 Å². The molecular formula is C15H17F3O4. The van der Waals surface area contributed by atoms with Gasteiger partial charge in [-0.05, 0) is 25.0 Å². The molecule has 0 fully saturated rings. The lowest BCUT2D eigenvalue weighted by Crippen LogP contribution is -2.26. The Morgan fingerprint density at radius 3 is 1.82 bits per heavy atom. The minimum atomic E-state index is -4.32. The van der Waals surface area contributed by atoms with Crippen LogP contribution in [0.5, 0.6) is 0 Å². The van der Waals surface area contributed by atoms with E-state index in [1.165, 1.54) is 24.3 Å². The summed E-state index contributed by atoms with van der Waals surface area (Å²) in [5.74, 6) is -2.87. The first kappa shape index (κ1) is 18.0. The van der Waals surface area contributed by atoms with Crippen LogP contribution < -0.4 is 0 Å². The average Bonchev–Trinajstić information content (AvgIpc) is 2.40. The van der Waals surface area contributed by atoms with Crippen molar-refractivity contribution < 1.29 is 32.2 Å². The topological polar surface area (TPSA) is 52.6 Å². The van der Waals surface area contributed by atoms with Crippen molar-refractivity contribution in [3.05, 3.63) is 35.4 Å². The summed E-state index contributed by atoms with van der Waals surface area (Å²) in [7, 11) is 0. The van der Waals surface area contributed by atoms with Crippen molar-refractivity contribution in [2.75, 3.05) is 13.2 Å². The Kier molecular flexibility index (Phi) is 6.39. The Balaban J connectivity index is 2.99. The molecule has 0 spiro atoms. The Morgan fingerprint density at radius 2 is 1.45 bits per heavy atom. The van der Waals surface area contributed by atoms with Crippen LogP contribution in [0.15, 0.2) is 24.3 Å². The van der Waals surface area contributed by atoms with E-state index in [0.717, 1.165) is 0 Å². The molecule has 0 N–H and O–H groups in total. The average molecular weight is 318 g/mol. The maximum absolute atomic E-state index is 12.3. The van der Waals surface area contributed by atoms with Gasteiger partial charge < -0.3 is 9.47 Å². The predicted molar refractivity (Wildman–Crippen MR) is 72.2 cm³/mol. The van der Waals surface area contributed by atoms with Crippen molar-refractivity contribution >= 4 is 11.9 Å². The molecule has 0 aliphatic rings. The van der Waals surface area contributed by atoms with Crippen LogP contribution in [0.25, 0.3) is 0 Å².